The summed E-state index contributed by atoms with van der Waals surface area (Å²) in [5.74, 6) is 0.881. The van der Waals surface area contributed by atoms with Gasteiger partial charge < -0.3 is 24.8 Å². The fourth-order valence-corrected chi connectivity index (χ4v) is 6.63. The molecule has 0 spiro atoms. The average Bonchev–Trinajstić information content (AvgIpc) is 3.37. The van der Waals surface area contributed by atoms with Crippen LogP contribution in [0, 0.1) is 16.7 Å². The molecule has 4 rings (SSSR count). The third-order valence-corrected chi connectivity index (χ3v) is 8.92. The molecular formula is C34H52N8O2. The van der Waals surface area contributed by atoms with Crippen molar-refractivity contribution in [3.63, 3.8) is 0 Å². The summed E-state index contributed by atoms with van der Waals surface area (Å²) in [6, 6.07) is 6.54. The van der Waals surface area contributed by atoms with Crippen molar-refractivity contribution in [1.29, 1.82) is 0 Å². The first-order chi connectivity index (χ1) is 20.7. The number of piperazine rings is 1. The molecule has 2 aliphatic rings. The number of imidazole rings is 1. The van der Waals surface area contributed by atoms with Crippen molar-refractivity contribution in [2.75, 3.05) is 57.8 Å². The molecule has 1 aromatic carbocycles. The van der Waals surface area contributed by atoms with Crippen molar-refractivity contribution in [3.05, 3.63) is 52.2 Å². The number of carbonyl (C=O) groups excluding carboxylic acids is 1. The average molecular weight is 605 g/mol. The molecule has 0 saturated carbocycles. The molecule has 1 aromatic heterocycles. The molecule has 1 saturated heterocycles. The Labute approximate surface area is 262 Å². The Kier molecular flexibility index (Phi) is 10.5. The van der Waals surface area contributed by atoms with Crippen molar-refractivity contribution < 1.29 is 9.53 Å². The number of allylic oxidation sites excluding steroid dienone is 2. The summed E-state index contributed by atoms with van der Waals surface area (Å²) in [5.41, 5.74) is 13.0. The lowest BCUT2D eigenvalue weighted by molar-refractivity contribution is -0.125. The number of ether oxygens (including phenoxy) is 1. The van der Waals surface area contributed by atoms with E-state index in [4.69, 9.17) is 15.3 Å². The number of hydrogen-bond acceptors (Lipinski definition) is 6. The van der Waals surface area contributed by atoms with Crippen LogP contribution in [0.2, 0.25) is 0 Å². The van der Waals surface area contributed by atoms with E-state index in [1.165, 1.54) is 11.3 Å². The number of aromatic amines is 1. The molecule has 10 heteroatoms. The fraction of sp³-hybridized carbons (Fsp3) is 0.647. The summed E-state index contributed by atoms with van der Waals surface area (Å²) in [6.07, 6.45) is 6.39. The van der Waals surface area contributed by atoms with Gasteiger partial charge in [-0.1, -0.05) is 52.7 Å². The first-order valence-electron chi connectivity index (χ1n) is 16.0. The maximum absolute atomic E-state index is 12.6. The van der Waals surface area contributed by atoms with Crippen molar-refractivity contribution in [3.8, 4) is 0 Å². The molecule has 0 radical (unpaired) electrons. The molecule has 1 fully saturated rings. The largest absolute Gasteiger partial charge is 0.370 e. The second-order valence-electron chi connectivity index (χ2n) is 14.6. The SMILES string of the molecule is CN1CCN(c2ccc3nc(C4=CC(C(C)(C)C)C(C)(OCCC(=O)NCCCCN=[N+]=[N-])C(C(C)(C)C)=C4)[nH]c3c2)CC1. The number of H-pyrrole nitrogens is 1. The van der Waals surface area contributed by atoms with Crippen molar-refractivity contribution in [2.24, 2.45) is 21.9 Å². The molecule has 10 nitrogen and oxygen atoms in total. The van der Waals surface area contributed by atoms with Crippen LogP contribution in [0.4, 0.5) is 5.69 Å². The molecule has 0 bridgehead atoms. The van der Waals surface area contributed by atoms with Gasteiger partial charge in [0.25, 0.3) is 0 Å². The van der Waals surface area contributed by atoms with Gasteiger partial charge in [0.2, 0.25) is 5.91 Å². The second-order valence-corrected chi connectivity index (χ2v) is 14.6. The molecule has 1 aliphatic carbocycles. The quantitative estimate of drug-likeness (QED) is 0.128. The van der Waals surface area contributed by atoms with Crippen LogP contribution >= 0.6 is 0 Å². The number of azide groups is 1. The Bertz CT molecular complexity index is 1410. The van der Waals surface area contributed by atoms with E-state index in [1.54, 1.807) is 0 Å². The molecule has 1 amide bonds. The van der Waals surface area contributed by atoms with Crippen molar-refractivity contribution >= 4 is 28.2 Å². The maximum Gasteiger partial charge on any atom is 0.222 e. The van der Waals surface area contributed by atoms with Gasteiger partial charge in [-0.15, -0.1) is 0 Å². The highest BCUT2D eigenvalue weighted by Crippen LogP contribution is 2.51. The standard InChI is InChI=1S/C34H52N8O2/c1-32(2,3)28-21-24(31-38-26-12-11-25(23-27(26)39-31)42-18-16-41(8)17-19-42)22-29(33(4,5)6)34(28,7)44-20-13-30(43)36-14-9-10-15-37-40-35/h11-12,21-23,28H,9-10,13-20H2,1-8H3,(H,36,43)(H,38,39). The number of hydrogen-bond donors (Lipinski definition) is 2. The first-order valence-corrected chi connectivity index (χ1v) is 16.0. The highest BCUT2D eigenvalue weighted by molar-refractivity contribution is 5.85. The number of fused-ring (bicyclic) bond motifs is 1. The number of amides is 1. The molecule has 44 heavy (non-hydrogen) atoms. The van der Waals surface area contributed by atoms with Gasteiger partial charge in [0.15, 0.2) is 0 Å². The number of rotatable bonds is 11. The van der Waals surface area contributed by atoms with Crippen LogP contribution in [0.15, 0.2) is 41.0 Å². The van der Waals surface area contributed by atoms with E-state index < -0.39 is 5.60 Å². The number of benzene rings is 1. The van der Waals surface area contributed by atoms with Gasteiger partial charge in [-0.05, 0) is 73.0 Å². The van der Waals surface area contributed by atoms with E-state index in [1.807, 2.05) is 0 Å². The molecule has 2 aromatic rings. The van der Waals surface area contributed by atoms with Gasteiger partial charge in [-0.25, -0.2) is 4.98 Å². The summed E-state index contributed by atoms with van der Waals surface area (Å²) < 4.78 is 6.74. The number of anilines is 1. The minimum atomic E-state index is -0.601. The van der Waals surface area contributed by atoms with Crippen LogP contribution in [0.3, 0.4) is 0 Å². The zero-order valence-electron chi connectivity index (χ0n) is 28.0. The molecule has 2 heterocycles. The number of carbonyl (C=O) groups is 1. The summed E-state index contributed by atoms with van der Waals surface area (Å²) in [5, 5.41) is 6.50. The molecule has 1 aliphatic heterocycles. The maximum atomic E-state index is 12.6. The summed E-state index contributed by atoms with van der Waals surface area (Å²) >= 11 is 0. The number of nitrogens with zero attached hydrogens (tertiary/aromatic N) is 6. The van der Waals surface area contributed by atoms with Crippen LogP contribution < -0.4 is 10.2 Å². The number of unbranched alkanes of at least 4 members (excludes halogenated alkanes) is 1. The van der Waals surface area contributed by atoms with Crippen LogP contribution in [-0.4, -0.2) is 79.3 Å². The van der Waals surface area contributed by atoms with Crippen LogP contribution in [0.25, 0.3) is 27.0 Å². The lowest BCUT2D eigenvalue weighted by Crippen LogP contribution is -2.50. The first kappa shape index (κ1) is 33.6. The lowest BCUT2D eigenvalue weighted by atomic mass is 9.60. The Hall–Kier alpha value is -3.33. The van der Waals surface area contributed by atoms with Crippen LogP contribution in [0.5, 0.6) is 0 Å². The molecular weight excluding hydrogens is 552 g/mol. The minimum absolute atomic E-state index is 0.0313. The second kappa shape index (κ2) is 13.8. The van der Waals surface area contributed by atoms with Crippen molar-refractivity contribution in [1.82, 2.24) is 20.2 Å². The topological polar surface area (TPSA) is 122 Å². The van der Waals surface area contributed by atoms with Gasteiger partial charge in [-0.3, -0.25) is 4.79 Å². The number of nitrogens with one attached hydrogen (secondary N) is 2. The fourth-order valence-electron chi connectivity index (χ4n) is 6.63. The van der Waals surface area contributed by atoms with E-state index in [-0.39, 0.29) is 29.1 Å². The molecule has 2 N–H and O–H groups in total. The summed E-state index contributed by atoms with van der Waals surface area (Å²) in [6.45, 7) is 21.2. The van der Waals surface area contributed by atoms with E-state index in [0.29, 0.717) is 19.7 Å². The highest BCUT2D eigenvalue weighted by atomic mass is 16.5. The van der Waals surface area contributed by atoms with Gasteiger partial charge in [-0.2, -0.15) is 0 Å². The lowest BCUT2D eigenvalue weighted by Gasteiger charge is -2.50. The van der Waals surface area contributed by atoms with Gasteiger partial charge in [0, 0.05) is 61.4 Å². The van der Waals surface area contributed by atoms with Gasteiger partial charge in [0.1, 0.15) is 5.82 Å². The predicted molar refractivity (Wildman–Crippen MR) is 179 cm³/mol. The van der Waals surface area contributed by atoms with Gasteiger partial charge in [0.05, 0.1) is 29.7 Å². The number of likely N-dealkylation sites (N-methyl/N-ethyl adjacent to an activating group) is 1. The zero-order valence-corrected chi connectivity index (χ0v) is 28.0. The monoisotopic (exact) mass is 604 g/mol. The van der Waals surface area contributed by atoms with E-state index in [0.717, 1.165) is 61.5 Å². The Morgan fingerprint density at radius 1 is 1.18 bits per heavy atom. The van der Waals surface area contributed by atoms with E-state index in [9.17, 15) is 4.79 Å². The highest BCUT2D eigenvalue weighted by Gasteiger charge is 2.49. The summed E-state index contributed by atoms with van der Waals surface area (Å²) in [7, 11) is 2.18. The van der Waals surface area contributed by atoms with E-state index in [2.05, 4.69) is 116 Å². The number of aromatic nitrogens is 2. The molecule has 240 valence electrons. The Morgan fingerprint density at radius 3 is 2.57 bits per heavy atom. The summed E-state index contributed by atoms with van der Waals surface area (Å²) in [4.78, 5) is 28.8. The third kappa shape index (κ3) is 8.03. The van der Waals surface area contributed by atoms with Crippen molar-refractivity contribution in [2.45, 2.75) is 73.3 Å². The predicted octanol–water partition coefficient (Wildman–Crippen LogP) is 6.72. The van der Waals surface area contributed by atoms with Gasteiger partial charge >= 0.3 is 0 Å². The molecule has 2 atom stereocenters. The smallest absolute Gasteiger partial charge is 0.222 e. The minimum Gasteiger partial charge on any atom is -0.370 e. The zero-order chi connectivity index (χ0) is 32.1. The molecule has 2 unspecified atom stereocenters. The Balaban J connectivity index is 1.55. The van der Waals surface area contributed by atoms with Crippen LogP contribution in [0.1, 0.15) is 73.6 Å². The van der Waals surface area contributed by atoms with Crippen LogP contribution in [-0.2, 0) is 9.53 Å². The normalized spacial score (nSPS) is 21.5. The van der Waals surface area contributed by atoms with E-state index >= 15 is 0 Å². The Morgan fingerprint density at radius 2 is 1.91 bits per heavy atom. The third-order valence-electron chi connectivity index (χ3n) is 8.92.